The zero-order chi connectivity index (χ0) is 23.4. The summed E-state index contributed by atoms with van der Waals surface area (Å²) < 4.78 is 7.71. The van der Waals surface area contributed by atoms with Crippen molar-refractivity contribution in [1.82, 2.24) is 9.55 Å². The molecule has 0 aliphatic carbocycles. The van der Waals surface area contributed by atoms with Gasteiger partial charge in [-0.15, -0.1) is 0 Å². The summed E-state index contributed by atoms with van der Waals surface area (Å²) in [5.74, 6) is -0.744. The van der Waals surface area contributed by atoms with Crippen LogP contribution in [0.5, 0.6) is 5.75 Å². The van der Waals surface area contributed by atoms with Gasteiger partial charge >= 0.3 is 5.97 Å². The summed E-state index contributed by atoms with van der Waals surface area (Å²) in [6.45, 7) is -0.125. The van der Waals surface area contributed by atoms with Crippen molar-refractivity contribution in [2.45, 2.75) is 13.2 Å². The number of carboxylic acids is 1. The van der Waals surface area contributed by atoms with E-state index in [0.29, 0.717) is 23.4 Å². The SMILES string of the molecule is O=C(O)Cn1cnc2ccc(NC(=O)c3ccc(COc4ccc(Br)cc4)cc3)cc2c1=O. The molecule has 0 saturated heterocycles. The number of anilines is 1. The fourth-order valence-corrected chi connectivity index (χ4v) is 3.41. The van der Waals surface area contributed by atoms with Crippen LogP contribution in [0.25, 0.3) is 10.9 Å². The third-order valence-electron chi connectivity index (χ3n) is 4.82. The topological polar surface area (TPSA) is 111 Å². The van der Waals surface area contributed by atoms with E-state index in [1.54, 1.807) is 24.3 Å². The molecule has 0 spiro atoms. The van der Waals surface area contributed by atoms with Crippen molar-refractivity contribution >= 4 is 44.4 Å². The van der Waals surface area contributed by atoms with E-state index in [4.69, 9.17) is 9.84 Å². The van der Waals surface area contributed by atoms with E-state index >= 15 is 0 Å². The van der Waals surface area contributed by atoms with Gasteiger partial charge in [-0.25, -0.2) is 4.98 Å². The van der Waals surface area contributed by atoms with Crippen LogP contribution in [0.1, 0.15) is 15.9 Å². The maximum atomic E-state index is 12.6. The van der Waals surface area contributed by atoms with Crippen molar-refractivity contribution in [3.05, 3.63) is 99.0 Å². The van der Waals surface area contributed by atoms with E-state index in [2.05, 4.69) is 26.2 Å². The second kappa shape index (κ2) is 9.66. The third-order valence-corrected chi connectivity index (χ3v) is 5.35. The summed E-state index contributed by atoms with van der Waals surface area (Å²) in [6, 6.07) is 19.2. The van der Waals surface area contributed by atoms with Crippen LogP contribution in [0.3, 0.4) is 0 Å². The van der Waals surface area contributed by atoms with Gasteiger partial charge < -0.3 is 15.2 Å². The molecule has 0 unspecified atom stereocenters. The Hall–Kier alpha value is -3.98. The van der Waals surface area contributed by atoms with Gasteiger partial charge in [-0.3, -0.25) is 19.0 Å². The second-order valence-corrected chi connectivity index (χ2v) is 8.11. The molecular formula is C24H18BrN3O5. The zero-order valence-corrected chi connectivity index (χ0v) is 18.8. The predicted octanol–water partition coefficient (Wildman–Crippen LogP) is 4.07. The van der Waals surface area contributed by atoms with Crippen LogP contribution >= 0.6 is 15.9 Å². The highest BCUT2D eigenvalue weighted by Crippen LogP contribution is 2.18. The molecule has 0 aliphatic heterocycles. The number of hydrogen-bond acceptors (Lipinski definition) is 5. The van der Waals surface area contributed by atoms with Crippen LogP contribution in [0, 0.1) is 0 Å². The second-order valence-electron chi connectivity index (χ2n) is 7.20. The minimum absolute atomic E-state index is 0.219. The number of halogens is 1. The molecule has 8 nitrogen and oxygen atoms in total. The maximum Gasteiger partial charge on any atom is 0.323 e. The number of rotatable bonds is 7. The average Bonchev–Trinajstić information content (AvgIpc) is 2.81. The van der Waals surface area contributed by atoms with Crippen LogP contribution in [-0.2, 0) is 17.9 Å². The summed E-state index contributed by atoms with van der Waals surface area (Å²) in [4.78, 5) is 40.2. The van der Waals surface area contributed by atoms with Gasteiger partial charge in [0.15, 0.2) is 0 Å². The van der Waals surface area contributed by atoms with E-state index in [-0.39, 0.29) is 11.3 Å². The van der Waals surface area contributed by atoms with Crippen LogP contribution in [0.15, 0.2) is 82.3 Å². The quantitative estimate of drug-likeness (QED) is 0.390. The number of ether oxygens (including phenoxy) is 1. The first kappa shape index (κ1) is 22.2. The van der Waals surface area contributed by atoms with Crippen molar-refractivity contribution in [3.63, 3.8) is 0 Å². The lowest BCUT2D eigenvalue weighted by Crippen LogP contribution is -2.24. The molecule has 166 valence electrons. The number of aliphatic carboxylic acids is 1. The fraction of sp³-hybridized carbons (Fsp3) is 0.0833. The molecule has 0 radical (unpaired) electrons. The van der Waals surface area contributed by atoms with Crippen LogP contribution in [-0.4, -0.2) is 26.5 Å². The highest BCUT2D eigenvalue weighted by Gasteiger charge is 2.11. The predicted molar refractivity (Wildman–Crippen MR) is 127 cm³/mol. The molecule has 0 atom stereocenters. The lowest BCUT2D eigenvalue weighted by Gasteiger charge is -2.09. The summed E-state index contributed by atoms with van der Waals surface area (Å²) in [5, 5.41) is 11.9. The number of carbonyl (C=O) groups is 2. The van der Waals surface area contributed by atoms with Crippen molar-refractivity contribution in [2.24, 2.45) is 0 Å². The summed E-state index contributed by atoms with van der Waals surface area (Å²) in [7, 11) is 0. The largest absolute Gasteiger partial charge is 0.489 e. The van der Waals surface area contributed by atoms with E-state index in [9.17, 15) is 14.4 Å². The van der Waals surface area contributed by atoms with Crippen molar-refractivity contribution in [3.8, 4) is 5.75 Å². The first-order valence-corrected chi connectivity index (χ1v) is 10.7. The van der Waals surface area contributed by atoms with Crippen LogP contribution < -0.4 is 15.6 Å². The van der Waals surface area contributed by atoms with Gasteiger partial charge in [-0.05, 0) is 60.2 Å². The molecular weight excluding hydrogens is 490 g/mol. The molecule has 0 bridgehead atoms. The highest BCUT2D eigenvalue weighted by atomic mass is 79.9. The Bertz CT molecular complexity index is 1380. The minimum atomic E-state index is -1.15. The van der Waals surface area contributed by atoms with Gasteiger partial charge in [0.25, 0.3) is 11.5 Å². The number of nitrogens with zero attached hydrogens (tertiary/aromatic N) is 2. The van der Waals surface area contributed by atoms with E-state index in [0.717, 1.165) is 20.4 Å². The maximum absolute atomic E-state index is 12.6. The standard InChI is InChI=1S/C24H18BrN3O5/c25-17-5-8-19(9-6-17)33-13-15-1-3-16(4-2-15)23(31)27-18-7-10-21-20(11-18)24(32)28(14-26-21)12-22(29)30/h1-11,14H,12-13H2,(H,27,31)(H,29,30). The number of hydrogen-bond donors (Lipinski definition) is 2. The molecule has 0 aliphatic rings. The molecule has 33 heavy (non-hydrogen) atoms. The summed E-state index contributed by atoms with van der Waals surface area (Å²) >= 11 is 3.38. The van der Waals surface area contributed by atoms with Gasteiger partial charge in [0.05, 0.1) is 17.2 Å². The summed E-state index contributed by atoms with van der Waals surface area (Å²) in [6.07, 6.45) is 1.19. The molecule has 1 amide bonds. The number of carboxylic acid groups (broad SMARTS) is 1. The molecule has 3 aromatic carbocycles. The smallest absolute Gasteiger partial charge is 0.323 e. The van der Waals surface area contributed by atoms with E-state index < -0.39 is 18.1 Å². The van der Waals surface area contributed by atoms with Crippen LogP contribution in [0.4, 0.5) is 5.69 Å². The fourth-order valence-electron chi connectivity index (χ4n) is 3.15. The van der Waals surface area contributed by atoms with Gasteiger partial charge in [-0.2, -0.15) is 0 Å². The van der Waals surface area contributed by atoms with Gasteiger partial charge in [0, 0.05) is 15.7 Å². The molecule has 2 N–H and O–H groups in total. The van der Waals surface area contributed by atoms with Gasteiger partial charge in [0.2, 0.25) is 0 Å². The normalized spacial score (nSPS) is 10.7. The Morgan fingerprint density at radius 1 is 1.03 bits per heavy atom. The lowest BCUT2D eigenvalue weighted by atomic mass is 10.1. The Morgan fingerprint density at radius 2 is 1.76 bits per heavy atom. The highest BCUT2D eigenvalue weighted by molar-refractivity contribution is 9.10. The van der Waals surface area contributed by atoms with Crippen molar-refractivity contribution < 1.29 is 19.4 Å². The molecule has 0 saturated carbocycles. The molecule has 1 aromatic heterocycles. The number of amides is 1. The minimum Gasteiger partial charge on any atom is -0.489 e. The van der Waals surface area contributed by atoms with Crippen molar-refractivity contribution in [2.75, 3.05) is 5.32 Å². The zero-order valence-electron chi connectivity index (χ0n) is 17.2. The van der Waals surface area contributed by atoms with Crippen LogP contribution in [0.2, 0.25) is 0 Å². The van der Waals surface area contributed by atoms with Crippen molar-refractivity contribution in [1.29, 1.82) is 0 Å². The Kier molecular flexibility index (Phi) is 6.50. The number of carbonyl (C=O) groups excluding carboxylic acids is 1. The molecule has 4 rings (SSSR count). The molecule has 4 aromatic rings. The first-order chi connectivity index (χ1) is 15.9. The lowest BCUT2D eigenvalue weighted by molar-refractivity contribution is -0.137. The number of nitrogens with one attached hydrogen (secondary N) is 1. The molecule has 0 fully saturated rings. The van der Waals surface area contributed by atoms with Gasteiger partial charge in [0.1, 0.15) is 18.9 Å². The third kappa shape index (κ3) is 5.45. The number of aromatic nitrogens is 2. The van der Waals surface area contributed by atoms with E-state index in [1.807, 2.05) is 36.4 Å². The Labute approximate surface area is 196 Å². The van der Waals surface area contributed by atoms with Gasteiger partial charge in [-0.1, -0.05) is 28.1 Å². The number of benzene rings is 3. The Balaban J connectivity index is 1.45. The molecule has 9 heteroatoms. The summed E-state index contributed by atoms with van der Waals surface area (Å²) in [5.41, 5.74) is 1.67. The Morgan fingerprint density at radius 3 is 2.45 bits per heavy atom. The first-order valence-electron chi connectivity index (χ1n) is 9.89. The number of fused-ring (bicyclic) bond motifs is 1. The van der Waals surface area contributed by atoms with E-state index in [1.165, 1.54) is 12.4 Å². The molecule has 1 heterocycles. The monoisotopic (exact) mass is 507 g/mol. The average molecular weight is 508 g/mol.